The lowest BCUT2D eigenvalue weighted by atomic mass is 10.0. The topological polar surface area (TPSA) is 43.4 Å². The molecule has 17 heavy (non-hydrogen) atoms. The van der Waals surface area contributed by atoms with Gasteiger partial charge in [0.25, 0.3) is 10.1 Å². The predicted molar refractivity (Wildman–Crippen MR) is 67.1 cm³/mol. The molecule has 0 bridgehead atoms. The van der Waals surface area contributed by atoms with Gasteiger partial charge in [-0.25, -0.2) is 0 Å². The van der Waals surface area contributed by atoms with Gasteiger partial charge in [-0.15, -0.1) is 5.92 Å². The zero-order valence-electron chi connectivity index (χ0n) is 10.2. The Balaban J connectivity index is 2.87. The van der Waals surface area contributed by atoms with Gasteiger partial charge in [-0.1, -0.05) is 31.9 Å². The van der Waals surface area contributed by atoms with E-state index in [4.69, 9.17) is 4.18 Å². The first-order valence-electron chi connectivity index (χ1n) is 5.36. The molecule has 0 radical (unpaired) electrons. The van der Waals surface area contributed by atoms with Crippen LogP contribution in [0, 0.1) is 11.8 Å². The highest BCUT2D eigenvalue weighted by Gasteiger charge is 2.14. The first kappa shape index (κ1) is 13.8. The van der Waals surface area contributed by atoms with Crippen molar-refractivity contribution in [3.05, 3.63) is 29.8 Å². The van der Waals surface area contributed by atoms with E-state index in [9.17, 15) is 8.42 Å². The summed E-state index contributed by atoms with van der Waals surface area (Å²) in [6.07, 6.45) is 0. The van der Waals surface area contributed by atoms with Gasteiger partial charge in [0.15, 0.2) is 0 Å². The highest BCUT2D eigenvalue weighted by molar-refractivity contribution is 7.86. The maximum atomic E-state index is 11.7. The molecule has 0 spiro atoms. The summed E-state index contributed by atoms with van der Waals surface area (Å²) in [5, 5.41) is 0. The molecule has 0 aliphatic carbocycles. The SMILES string of the molecule is CC#CCOS(=O)(=O)c1ccc(C(C)C)cc1. The molecule has 0 aliphatic rings. The molecule has 0 aliphatic heterocycles. The molecule has 0 N–H and O–H groups in total. The minimum absolute atomic E-state index is 0.106. The highest BCUT2D eigenvalue weighted by Crippen LogP contribution is 2.18. The minimum Gasteiger partial charge on any atom is -0.253 e. The van der Waals surface area contributed by atoms with Crippen molar-refractivity contribution in [2.24, 2.45) is 0 Å². The summed E-state index contributed by atoms with van der Waals surface area (Å²) < 4.78 is 28.2. The molecule has 0 aromatic heterocycles. The Kier molecular flexibility index (Phi) is 4.73. The van der Waals surface area contributed by atoms with E-state index in [-0.39, 0.29) is 11.5 Å². The molecule has 0 amide bonds. The zero-order valence-corrected chi connectivity index (χ0v) is 11.0. The third-order valence-electron chi connectivity index (χ3n) is 2.30. The van der Waals surface area contributed by atoms with Crippen LogP contribution < -0.4 is 0 Å². The van der Waals surface area contributed by atoms with Crippen LogP contribution in [0.1, 0.15) is 32.3 Å². The van der Waals surface area contributed by atoms with Gasteiger partial charge in [0, 0.05) is 0 Å². The molecule has 3 nitrogen and oxygen atoms in total. The van der Waals surface area contributed by atoms with Gasteiger partial charge in [0.05, 0.1) is 4.90 Å². The fraction of sp³-hybridized carbons (Fsp3) is 0.385. The van der Waals surface area contributed by atoms with E-state index in [0.29, 0.717) is 5.92 Å². The van der Waals surface area contributed by atoms with Crippen LogP contribution >= 0.6 is 0 Å². The second-order valence-electron chi connectivity index (χ2n) is 3.87. The maximum Gasteiger partial charge on any atom is 0.297 e. The van der Waals surface area contributed by atoms with Gasteiger partial charge in [0.1, 0.15) is 6.61 Å². The third-order valence-corrected chi connectivity index (χ3v) is 3.58. The zero-order chi connectivity index (χ0) is 12.9. The Morgan fingerprint density at radius 3 is 2.29 bits per heavy atom. The van der Waals surface area contributed by atoms with E-state index in [1.807, 2.05) is 0 Å². The van der Waals surface area contributed by atoms with Gasteiger partial charge < -0.3 is 0 Å². The average Bonchev–Trinajstić information content (AvgIpc) is 2.29. The summed E-state index contributed by atoms with van der Waals surface area (Å²) in [4.78, 5) is 0.166. The van der Waals surface area contributed by atoms with Crippen LogP contribution in [-0.4, -0.2) is 15.0 Å². The van der Waals surface area contributed by atoms with Crippen molar-refractivity contribution in [3.63, 3.8) is 0 Å². The van der Waals surface area contributed by atoms with Crippen LogP contribution in [0.25, 0.3) is 0 Å². The Morgan fingerprint density at radius 1 is 1.24 bits per heavy atom. The number of hydrogen-bond acceptors (Lipinski definition) is 3. The van der Waals surface area contributed by atoms with Crippen molar-refractivity contribution in [1.29, 1.82) is 0 Å². The van der Waals surface area contributed by atoms with Gasteiger partial charge in [-0.3, -0.25) is 4.18 Å². The molecule has 1 aromatic rings. The Bertz CT molecular complexity index is 516. The predicted octanol–water partition coefficient (Wildman–Crippen LogP) is 2.54. The van der Waals surface area contributed by atoms with Gasteiger partial charge >= 0.3 is 0 Å². The molecule has 1 rings (SSSR count). The number of benzene rings is 1. The van der Waals surface area contributed by atoms with Crippen LogP contribution in [0.2, 0.25) is 0 Å². The summed E-state index contributed by atoms with van der Waals surface area (Å²) in [6, 6.07) is 6.72. The minimum atomic E-state index is -3.68. The fourth-order valence-corrected chi connectivity index (χ4v) is 2.09. The summed E-state index contributed by atoms with van der Waals surface area (Å²) in [7, 11) is -3.68. The largest absolute Gasteiger partial charge is 0.297 e. The van der Waals surface area contributed by atoms with Gasteiger partial charge in [0.2, 0.25) is 0 Å². The average molecular weight is 252 g/mol. The molecule has 92 valence electrons. The van der Waals surface area contributed by atoms with Crippen LogP contribution in [-0.2, 0) is 14.3 Å². The van der Waals surface area contributed by atoms with Gasteiger partial charge in [-0.05, 0) is 30.5 Å². The number of rotatable bonds is 4. The van der Waals surface area contributed by atoms with E-state index in [0.717, 1.165) is 5.56 Å². The van der Waals surface area contributed by atoms with Crippen molar-refractivity contribution < 1.29 is 12.6 Å². The molecule has 0 unspecified atom stereocenters. The van der Waals surface area contributed by atoms with Crippen molar-refractivity contribution in [2.45, 2.75) is 31.6 Å². The van der Waals surface area contributed by atoms with E-state index in [1.54, 1.807) is 31.2 Å². The van der Waals surface area contributed by atoms with E-state index in [1.165, 1.54) is 0 Å². The van der Waals surface area contributed by atoms with Crippen LogP contribution in [0.5, 0.6) is 0 Å². The Labute approximate surface area is 103 Å². The molecular weight excluding hydrogens is 236 g/mol. The van der Waals surface area contributed by atoms with Crippen LogP contribution in [0.4, 0.5) is 0 Å². The molecule has 1 aromatic carbocycles. The summed E-state index contributed by atoms with van der Waals surface area (Å²) in [6.45, 7) is 5.63. The molecule has 0 fully saturated rings. The molecular formula is C13H16O3S. The smallest absolute Gasteiger partial charge is 0.253 e. The Morgan fingerprint density at radius 2 is 1.82 bits per heavy atom. The van der Waals surface area contributed by atoms with Crippen molar-refractivity contribution in [2.75, 3.05) is 6.61 Å². The molecule has 0 atom stereocenters. The molecule has 4 heteroatoms. The first-order chi connectivity index (χ1) is 7.97. The molecule has 0 heterocycles. The first-order valence-corrected chi connectivity index (χ1v) is 6.77. The van der Waals surface area contributed by atoms with Crippen LogP contribution in [0.15, 0.2) is 29.2 Å². The lowest BCUT2D eigenvalue weighted by Crippen LogP contribution is -2.06. The maximum absolute atomic E-state index is 11.7. The molecule has 0 saturated carbocycles. The van der Waals surface area contributed by atoms with E-state index < -0.39 is 10.1 Å². The van der Waals surface area contributed by atoms with E-state index in [2.05, 4.69) is 25.7 Å². The summed E-state index contributed by atoms with van der Waals surface area (Å²) >= 11 is 0. The quantitative estimate of drug-likeness (QED) is 0.611. The van der Waals surface area contributed by atoms with Gasteiger partial charge in [-0.2, -0.15) is 8.42 Å². The second-order valence-corrected chi connectivity index (χ2v) is 5.48. The molecule has 0 saturated heterocycles. The standard InChI is InChI=1S/C13H16O3S/c1-4-5-10-16-17(14,15)13-8-6-12(7-9-13)11(2)3/h6-9,11H,10H2,1-3H3. The summed E-state index contributed by atoms with van der Waals surface area (Å²) in [5.41, 5.74) is 1.09. The monoisotopic (exact) mass is 252 g/mol. The third kappa shape index (κ3) is 3.88. The number of hydrogen-bond donors (Lipinski definition) is 0. The van der Waals surface area contributed by atoms with Crippen molar-refractivity contribution >= 4 is 10.1 Å². The van der Waals surface area contributed by atoms with Crippen molar-refractivity contribution in [1.82, 2.24) is 0 Å². The Hall–Kier alpha value is -1.31. The van der Waals surface area contributed by atoms with Crippen LogP contribution in [0.3, 0.4) is 0 Å². The lowest BCUT2D eigenvalue weighted by Gasteiger charge is -2.07. The van der Waals surface area contributed by atoms with E-state index >= 15 is 0 Å². The normalized spacial score (nSPS) is 11.1. The summed E-state index contributed by atoms with van der Waals surface area (Å²) in [5.74, 6) is 5.50. The lowest BCUT2D eigenvalue weighted by molar-refractivity contribution is 0.363. The fourth-order valence-electron chi connectivity index (χ4n) is 1.27. The van der Waals surface area contributed by atoms with Crippen molar-refractivity contribution in [3.8, 4) is 11.8 Å². The second kappa shape index (κ2) is 5.85. The highest BCUT2D eigenvalue weighted by atomic mass is 32.2.